The molecule has 1 aromatic heterocycles. The van der Waals surface area contributed by atoms with E-state index in [4.69, 9.17) is 16.0 Å². The number of para-hydroxylation sites is 1. The van der Waals surface area contributed by atoms with Gasteiger partial charge < -0.3 is 9.73 Å². The molecule has 0 aliphatic carbocycles. The first-order valence-electron chi connectivity index (χ1n) is 10.2. The van der Waals surface area contributed by atoms with Crippen LogP contribution in [0.15, 0.2) is 108 Å². The third-order valence-electron chi connectivity index (χ3n) is 5.71. The Morgan fingerprint density at radius 1 is 0.613 bits per heavy atom. The van der Waals surface area contributed by atoms with E-state index in [1.165, 1.54) is 10.8 Å². The molecule has 0 aliphatic heterocycles. The monoisotopic (exact) mass is 419 g/mol. The molecule has 1 heterocycles. The molecule has 0 saturated heterocycles. The van der Waals surface area contributed by atoms with E-state index in [2.05, 4.69) is 66.0 Å². The molecule has 0 aliphatic rings. The molecule has 31 heavy (non-hydrogen) atoms. The van der Waals surface area contributed by atoms with Crippen LogP contribution in [0.2, 0.25) is 5.02 Å². The average molecular weight is 420 g/mol. The number of benzene rings is 5. The lowest BCUT2D eigenvalue weighted by atomic mass is 9.99. The second kappa shape index (κ2) is 7.19. The van der Waals surface area contributed by atoms with Gasteiger partial charge >= 0.3 is 0 Å². The lowest BCUT2D eigenvalue weighted by Gasteiger charge is -2.14. The molecule has 0 fully saturated rings. The molecule has 2 nitrogen and oxygen atoms in total. The quantitative estimate of drug-likeness (QED) is 0.310. The molecule has 6 rings (SSSR count). The molecule has 5 aromatic carbocycles. The van der Waals surface area contributed by atoms with Gasteiger partial charge in [0.15, 0.2) is 0 Å². The van der Waals surface area contributed by atoms with Crippen molar-refractivity contribution in [1.29, 1.82) is 0 Å². The highest BCUT2D eigenvalue weighted by atomic mass is 35.5. The van der Waals surface area contributed by atoms with Crippen LogP contribution in [0, 0.1) is 0 Å². The van der Waals surface area contributed by atoms with Gasteiger partial charge in [-0.3, -0.25) is 0 Å². The Labute approximate surface area is 184 Å². The third kappa shape index (κ3) is 3.13. The van der Waals surface area contributed by atoms with Gasteiger partial charge in [0.25, 0.3) is 0 Å². The summed E-state index contributed by atoms with van der Waals surface area (Å²) < 4.78 is 6.05. The number of rotatable bonds is 3. The van der Waals surface area contributed by atoms with Gasteiger partial charge in [0, 0.05) is 21.7 Å². The van der Waals surface area contributed by atoms with Gasteiger partial charge in [-0.05, 0) is 52.7 Å². The molecule has 3 heteroatoms. The number of anilines is 2. The van der Waals surface area contributed by atoms with Crippen molar-refractivity contribution in [3.8, 4) is 11.1 Å². The highest BCUT2D eigenvalue weighted by Gasteiger charge is 2.13. The zero-order valence-corrected chi connectivity index (χ0v) is 17.4. The molecule has 1 N–H and O–H groups in total. The van der Waals surface area contributed by atoms with Crippen molar-refractivity contribution in [2.75, 3.05) is 5.32 Å². The highest BCUT2D eigenvalue weighted by Crippen LogP contribution is 2.39. The second-order valence-corrected chi connectivity index (χ2v) is 8.09. The van der Waals surface area contributed by atoms with Gasteiger partial charge in [0.2, 0.25) is 0 Å². The Kier molecular flexibility index (Phi) is 4.19. The van der Waals surface area contributed by atoms with Gasteiger partial charge in [0.1, 0.15) is 11.2 Å². The predicted octanol–water partition coefficient (Wildman–Crippen LogP) is 8.80. The summed E-state index contributed by atoms with van der Waals surface area (Å²) in [5.41, 5.74) is 5.93. The Balaban J connectivity index is 1.52. The maximum atomic E-state index is 6.40. The van der Waals surface area contributed by atoms with E-state index in [1.54, 1.807) is 0 Å². The molecule has 6 aromatic rings. The normalized spacial score (nSPS) is 11.4. The number of furan rings is 1. The molecule has 0 unspecified atom stereocenters. The van der Waals surface area contributed by atoms with Crippen molar-refractivity contribution in [2.24, 2.45) is 0 Å². The molecule has 0 saturated carbocycles. The van der Waals surface area contributed by atoms with Crippen molar-refractivity contribution in [3.05, 3.63) is 108 Å². The van der Waals surface area contributed by atoms with Crippen molar-refractivity contribution >= 4 is 55.7 Å². The maximum absolute atomic E-state index is 6.40. The first-order valence-corrected chi connectivity index (χ1v) is 10.6. The van der Waals surface area contributed by atoms with Crippen LogP contribution in [0.5, 0.6) is 0 Å². The molecule has 0 bridgehead atoms. The highest BCUT2D eigenvalue weighted by molar-refractivity contribution is 6.31. The number of hydrogen-bond donors (Lipinski definition) is 1. The smallest absolute Gasteiger partial charge is 0.137 e. The summed E-state index contributed by atoms with van der Waals surface area (Å²) in [6.07, 6.45) is 0. The van der Waals surface area contributed by atoms with E-state index in [9.17, 15) is 0 Å². The van der Waals surface area contributed by atoms with E-state index in [-0.39, 0.29) is 0 Å². The topological polar surface area (TPSA) is 25.2 Å². The van der Waals surface area contributed by atoms with Crippen LogP contribution in [0.4, 0.5) is 11.4 Å². The molecule has 0 amide bonds. The Hall–Kier alpha value is -3.75. The summed E-state index contributed by atoms with van der Waals surface area (Å²) in [5.74, 6) is 0. The van der Waals surface area contributed by atoms with Crippen LogP contribution >= 0.6 is 11.6 Å². The van der Waals surface area contributed by atoms with Gasteiger partial charge in [-0.2, -0.15) is 0 Å². The zero-order valence-electron chi connectivity index (χ0n) is 16.6. The molecule has 0 atom stereocenters. The van der Waals surface area contributed by atoms with E-state index in [1.807, 2.05) is 42.5 Å². The molecule has 0 radical (unpaired) electrons. The van der Waals surface area contributed by atoms with Crippen LogP contribution < -0.4 is 5.32 Å². The summed E-state index contributed by atoms with van der Waals surface area (Å²) in [6, 6.07) is 35.1. The van der Waals surface area contributed by atoms with E-state index >= 15 is 0 Å². The van der Waals surface area contributed by atoms with Gasteiger partial charge in [-0.25, -0.2) is 0 Å². The summed E-state index contributed by atoms with van der Waals surface area (Å²) in [6.45, 7) is 0. The Bertz CT molecular complexity index is 1580. The Morgan fingerprint density at radius 3 is 2.35 bits per heavy atom. The van der Waals surface area contributed by atoms with Crippen LogP contribution in [0.1, 0.15) is 0 Å². The van der Waals surface area contributed by atoms with Gasteiger partial charge in [0.05, 0.1) is 11.1 Å². The van der Waals surface area contributed by atoms with Crippen LogP contribution in [0.3, 0.4) is 0 Å². The molecule has 148 valence electrons. The summed E-state index contributed by atoms with van der Waals surface area (Å²) in [7, 11) is 0. The Morgan fingerprint density at radius 2 is 1.42 bits per heavy atom. The van der Waals surface area contributed by atoms with E-state index in [0.717, 1.165) is 44.4 Å². The SMILES string of the molecule is Clc1ccc(-c2ccc3ccccc3c2)c(Nc2cccc3oc4ccccc4c23)c1. The van der Waals surface area contributed by atoms with Crippen molar-refractivity contribution in [3.63, 3.8) is 0 Å². The van der Waals surface area contributed by atoms with Crippen LogP contribution in [-0.4, -0.2) is 0 Å². The van der Waals surface area contributed by atoms with Gasteiger partial charge in [-0.15, -0.1) is 0 Å². The van der Waals surface area contributed by atoms with Crippen molar-refractivity contribution < 1.29 is 4.42 Å². The first kappa shape index (κ1) is 18.1. The average Bonchev–Trinajstić information content (AvgIpc) is 3.18. The maximum Gasteiger partial charge on any atom is 0.137 e. The number of nitrogens with one attached hydrogen (secondary N) is 1. The fourth-order valence-electron chi connectivity index (χ4n) is 4.25. The number of hydrogen-bond acceptors (Lipinski definition) is 2. The van der Waals surface area contributed by atoms with E-state index < -0.39 is 0 Å². The lowest BCUT2D eigenvalue weighted by Crippen LogP contribution is -1.94. The summed E-state index contributed by atoms with van der Waals surface area (Å²) >= 11 is 6.40. The molecular formula is C28H18ClNO. The lowest BCUT2D eigenvalue weighted by molar-refractivity contribution is 0.669. The summed E-state index contributed by atoms with van der Waals surface area (Å²) in [4.78, 5) is 0. The minimum Gasteiger partial charge on any atom is -0.456 e. The number of fused-ring (bicyclic) bond motifs is 4. The summed E-state index contributed by atoms with van der Waals surface area (Å²) in [5, 5.41) is 8.93. The fraction of sp³-hybridized carbons (Fsp3) is 0. The minimum absolute atomic E-state index is 0.691. The molecular weight excluding hydrogens is 402 g/mol. The number of halogens is 1. The fourth-order valence-corrected chi connectivity index (χ4v) is 4.42. The minimum atomic E-state index is 0.691. The van der Waals surface area contributed by atoms with Crippen LogP contribution in [0.25, 0.3) is 43.8 Å². The zero-order chi connectivity index (χ0) is 20.8. The van der Waals surface area contributed by atoms with Gasteiger partial charge in [-0.1, -0.05) is 78.3 Å². The van der Waals surface area contributed by atoms with Crippen molar-refractivity contribution in [2.45, 2.75) is 0 Å². The third-order valence-corrected chi connectivity index (χ3v) is 5.95. The molecule has 0 spiro atoms. The second-order valence-electron chi connectivity index (χ2n) is 7.65. The van der Waals surface area contributed by atoms with E-state index in [0.29, 0.717) is 5.02 Å². The van der Waals surface area contributed by atoms with Crippen LogP contribution in [-0.2, 0) is 0 Å². The predicted molar refractivity (Wildman–Crippen MR) is 131 cm³/mol. The largest absolute Gasteiger partial charge is 0.456 e. The standard InChI is InChI=1S/C28H18ClNO/c29-21-14-15-22(20-13-12-18-6-1-2-7-19(18)16-20)25(17-21)30-24-9-5-11-27-28(24)23-8-3-4-10-26(23)31-27/h1-17,30H. The van der Waals surface area contributed by atoms with Crippen molar-refractivity contribution in [1.82, 2.24) is 0 Å². The first-order chi connectivity index (χ1) is 15.3.